The van der Waals surface area contributed by atoms with Crippen LogP contribution < -0.4 is 5.32 Å². The van der Waals surface area contributed by atoms with Crippen molar-refractivity contribution >= 4 is 35.1 Å². The summed E-state index contributed by atoms with van der Waals surface area (Å²) in [7, 11) is 1.56. The first-order valence-corrected chi connectivity index (χ1v) is 8.28. The summed E-state index contributed by atoms with van der Waals surface area (Å²) in [5, 5.41) is 12.3. The van der Waals surface area contributed by atoms with E-state index in [1.807, 2.05) is 0 Å². The van der Waals surface area contributed by atoms with Gasteiger partial charge in [-0.1, -0.05) is 24.1 Å². The maximum atomic E-state index is 12.4. The average molecular weight is 353 g/mol. The lowest BCUT2D eigenvalue weighted by atomic mass is 9.81. The van der Waals surface area contributed by atoms with Gasteiger partial charge in [-0.15, -0.1) is 0 Å². The molecular weight excluding hydrogens is 332 g/mol. The maximum Gasteiger partial charge on any atom is 0.306 e. The van der Waals surface area contributed by atoms with E-state index in [1.54, 1.807) is 31.3 Å². The van der Waals surface area contributed by atoms with Crippen LogP contribution in [0.15, 0.2) is 24.3 Å². The first-order chi connectivity index (χ1) is 11.4. The molecule has 0 aliphatic heterocycles. The zero-order valence-electron chi connectivity index (χ0n) is 13.5. The van der Waals surface area contributed by atoms with Crippen molar-refractivity contribution in [1.29, 1.82) is 0 Å². The smallest absolute Gasteiger partial charge is 0.306 e. The number of amides is 2. The highest BCUT2D eigenvalue weighted by Gasteiger charge is 2.32. The van der Waals surface area contributed by atoms with Crippen molar-refractivity contribution in [1.82, 2.24) is 4.90 Å². The second kappa shape index (κ2) is 8.15. The SMILES string of the molecule is CN(CC(=O)Nc1cccc(Cl)c1)C(=O)C1CCCC(C(=O)O)C1. The van der Waals surface area contributed by atoms with E-state index in [4.69, 9.17) is 16.7 Å². The topological polar surface area (TPSA) is 86.7 Å². The van der Waals surface area contributed by atoms with Crippen LogP contribution in [0.1, 0.15) is 25.7 Å². The van der Waals surface area contributed by atoms with E-state index in [1.165, 1.54) is 4.90 Å². The molecule has 0 saturated heterocycles. The molecule has 0 radical (unpaired) electrons. The summed E-state index contributed by atoms with van der Waals surface area (Å²) in [4.78, 5) is 36.9. The van der Waals surface area contributed by atoms with Crippen LogP contribution in [0.25, 0.3) is 0 Å². The largest absolute Gasteiger partial charge is 0.481 e. The van der Waals surface area contributed by atoms with Gasteiger partial charge < -0.3 is 15.3 Å². The number of nitrogens with zero attached hydrogens (tertiary/aromatic N) is 1. The first-order valence-electron chi connectivity index (χ1n) is 7.90. The van der Waals surface area contributed by atoms with Gasteiger partial charge in [0.2, 0.25) is 11.8 Å². The minimum atomic E-state index is -0.853. The molecule has 2 unspecified atom stereocenters. The molecule has 24 heavy (non-hydrogen) atoms. The van der Waals surface area contributed by atoms with Crippen LogP contribution in [-0.4, -0.2) is 41.4 Å². The lowest BCUT2D eigenvalue weighted by Gasteiger charge is -2.29. The van der Waals surface area contributed by atoms with Gasteiger partial charge in [-0.3, -0.25) is 14.4 Å². The van der Waals surface area contributed by atoms with Crippen molar-refractivity contribution in [3.05, 3.63) is 29.3 Å². The minimum Gasteiger partial charge on any atom is -0.481 e. The van der Waals surface area contributed by atoms with Crippen LogP contribution in [0, 0.1) is 11.8 Å². The minimum absolute atomic E-state index is 0.0837. The average Bonchev–Trinajstić information content (AvgIpc) is 2.54. The van der Waals surface area contributed by atoms with Gasteiger partial charge in [-0.2, -0.15) is 0 Å². The number of aliphatic carboxylic acids is 1. The van der Waals surface area contributed by atoms with Crippen LogP contribution >= 0.6 is 11.6 Å². The molecule has 2 amide bonds. The van der Waals surface area contributed by atoms with E-state index >= 15 is 0 Å². The van der Waals surface area contributed by atoms with Crippen molar-refractivity contribution in [3.63, 3.8) is 0 Å². The van der Waals surface area contributed by atoms with Crippen molar-refractivity contribution < 1.29 is 19.5 Å². The molecular formula is C17H21ClN2O4. The molecule has 1 aromatic carbocycles. The number of anilines is 1. The fourth-order valence-corrected chi connectivity index (χ4v) is 3.20. The van der Waals surface area contributed by atoms with Crippen molar-refractivity contribution in [3.8, 4) is 0 Å². The van der Waals surface area contributed by atoms with Crippen molar-refractivity contribution in [2.24, 2.45) is 11.8 Å². The second-order valence-corrected chi connectivity index (χ2v) is 6.59. The molecule has 1 aliphatic carbocycles. The Bertz CT molecular complexity index is 635. The van der Waals surface area contributed by atoms with Crippen LogP contribution in [0.4, 0.5) is 5.69 Å². The predicted molar refractivity (Wildman–Crippen MR) is 90.8 cm³/mol. The van der Waals surface area contributed by atoms with Gasteiger partial charge in [0.25, 0.3) is 0 Å². The monoisotopic (exact) mass is 352 g/mol. The molecule has 6 nitrogen and oxygen atoms in total. The Balaban J connectivity index is 1.88. The van der Waals surface area contributed by atoms with Gasteiger partial charge >= 0.3 is 5.97 Å². The third kappa shape index (κ3) is 4.96. The normalized spacial score (nSPS) is 20.2. The van der Waals surface area contributed by atoms with E-state index in [0.717, 1.165) is 6.42 Å². The molecule has 1 fully saturated rings. The van der Waals surface area contributed by atoms with Crippen LogP contribution in [0.2, 0.25) is 5.02 Å². The molecule has 2 atom stereocenters. The Hall–Kier alpha value is -2.08. The highest BCUT2D eigenvalue weighted by Crippen LogP contribution is 2.30. The Kier molecular flexibility index (Phi) is 6.20. The Morgan fingerprint density at radius 1 is 1.29 bits per heavy atom. The fraction of sp³-hybridized carbons (Fsp3) is 0.471. The van der Waals surface area contributed by atoms with E-state index in [9.17, 15) is 14.4 Å². The van der Waals surface area contributed by atoms with Gasteiger partial charge in [0, 0.05) is 23.7 Å². The third-order valence-corrected chi connectivity index (χ3v) is 4.47. The van der Waals surface area contributed by atoms with Gasteiger partial charge in [-0.05, 0) is 37.5 Å². The summed E-state index contributed by atoms with van der Waals surface area (Å²) in [5.74, 6) is -2.15. The Morgan fingerprint density at radius 2 is 2.00 bits per heavy atom. The number of carbonyl (C=O) groups is 3. The molecule has 0 spiro atoms. The van der Waals surface area contributed by atoms with Crippen LogP contribution in [-0.2, 0) is 14.4 Å². The molecule has 2 rings (SSSR count). The number of nitrogens with one attached hydrogen (secondary N) is 1. The molecule has 1 aliphatic rings. The Labute approximate surface area is 145 Å². The quantitative estimate of drug-likeness (QED) is 0.852. The van der Waals surface area contributed by atoms with E-state index in [-0.39, 0.29) is 24.3 Å². The number of carbonyl (C=O) groups excluding carboxylic acids is 2. The zero-order valence-corrected chi connectivity index (χ0v) is 14.3. The number of benzene rings is 1. The van der Waals surface area contributed by atoms with E-state index < -0.39 is 11.9 Å². The van der Waals surface area contributed by atoms with Crippen molar-refractivity contribution in [2.75, 3.05) is 18.9 Å². The highest BCUT2D eigenvalue weighted by atomic mass is 35.5. The molecule has 2 N–H and O–H groups in total. The molecule has 1 aromatic rings. The van der Waals surface area contributed by atoms with Gasteiger partial charge in [-0.25, -0.2) is 0 Å². The fourth-order valence-electron chi connectivity index (χ4n) is 3.01. The summed E-state index contributed by atoms with van der Waals surface area (Å²) >= 11 is 5.86. The molecule has 7 heteroatoms. The maximum absolute atomic E-state index is 12.4. The lowest BCUT2D eigenvalue weighted by molar-refractivity contribution is -0.145. The summed E-state index contributed by atoms with van der Waals surface area (Å²) in [6.45, 7) is -0.0837. The molecule has 0 bridgehead atoms. The number of hydrogen-bond acceptors (Lipinski definition) is 3. The summed E-state index contributed by atoms with van der Waals surface area (Å²) in [5.41, 5.74) is 0.567. The van der Waals surface area contributed by atoms with Crippen LogP contribution in [0.3, 0.4) is 0 Å². The number of halogens is 1. The second-order valence-electron chi connectivity index (χ2n) is 6.15. The third-order valence-electron chi connectivity index (χ3n) is 4.24. The summed E-state index contributed by atoms with van der Waals surface area (Å²) in [6, 6.07) is 6.76. The van der Waals surface area contributed by atoms with E-state index in [2.05, 4.69) is 5.32 Å². The summed E-state index contributed by atoms with van der Waals surface area (Å²) in [6.07, 6.45) is 2.34. The molecule has 0 aromatic heterocycles. The Morgan fingerprint density at radius 3 is 2.67 bits per heavy atom. The number of likely N-dealkylation sites (N-methyl/N-ethyl adjacent to an activating group) is 1. The highest BCUT2D eigenvalue weighted by molar-refractivity contribution is 6.30. The van der Waals surface area contributed by atoms with Crippen molar-refractivity contribution in [2.45, 2.75) is 25.7 Å². The number of hydrogen-bond donors (Lipinski definition) is 2. The lowest BCUT2D eigenvalue weighted by Crippen LogP contribution is -2.40. The summed E-state index contributed by atoms with van der Waals surface area (Å²) < 4.78 is 0. The van der Waals surface area contributed by atoms with Gasteiger partial charge in [0.05, 0.1) is 12.5 Å². The van der Waals surface area contributed by atoms with E-state index in [0.29, 0.717) is 30.0 Å². The first kappa shape index (κ1) is 18.3. The molecule has 1 saturated carbocycles. The number of carboxylic acids is 1. The van der Waals surface area contributed by atoms with Gasteiger partial charge in [0.1, 0.15) is 0 Å². The molecule has 0 heterocycles. The van der Waals surface area contributed by atoms with Crippen LogP contribution in [0.5, 0.6) is 0 Å². The standard InChI is InChI=1S/C17H21ClN2O4/c1-20(10-15(21)19-14-7-3-6-13(18)9-14)16(22)11-4-2-5-12(8-11)17(23)24/h3,6-7,9,11-12H,2,4-5,8,10H2,1H3,(H,19,21)(H,23,24). The molecule has 130 valence electrons. The zero-order chi connectivity index (χ0) is 17.7. The number of carboxylic acid groups (broad SMARTS) is 1. The van der Waals surface area contributed by atoms with Gasteiger partial charge in [0.15, 0.2) is 0 Å². The predicted octanol–water partition coefficient (Wildman–Crippen LogP) is 2.63. The number of rotatable bonds is 5.